The average molecular weight is 368 g/mol. The summed E-state index contributed by atoms with van der Waals surface area (Å²) < 4.78 is 0. The topological polar surface area (TPSA) is 29.1 Å². The minimum Gasteiger partial charge on any atom is -0.355 e. The van der Waals surface area contributed by atoms with Gasteiger partial charge >= 0.3 is 0 Å². The highest BCUT2D eigenvalue weighted by Gasteiger charge is 2.40. The highest BCUT2D eigenvalue weighted by atomic mass is 28.3. The van der Waals surface area contributed by atoms with Gasteiger partial charge in [-0.05, 0) is 34.1 Å². The highest BCUT2D eigenvalue weighted by Crippen LogP contribution is 2.18. The van der Waals surface area contributed by atoms with Crippen LogP contribution in [-0.4, -0.2) is 19.6 Å². The zero-order valence-corrected chi connectivity index (χ0v) is 18.4. The first-order chi connectivity index (χ1) is 12.2. The Kier molecular flexibility index (Phi) is 6.46. The molecule has 1 amide bonds. The molecule has 140 valence electrons. The fourth-order valence-corrected chi connectivity index (χ4v) is 8.76. The smallest absolute Gasteiger partial charge is 0.216 e. The molecule has 0 bridgehead atoms. The van der Waals surface area contributed by atoms with Crippen LogP contribution in [0.3, 0.4) is 0 Å². The van der Waals surface area contributed by atoms with Gasteiger partial charge in [0.15, 0.2) is 0 Å². The van der Waals surface area contributed by atoms with E-state index in [9.17, 15) is 4.79 Å². The van der Waals surface area contributed by atoms with Gasteiger partial charge in [-0.3, -0.25) is 4.79 Å². The quantitative estimate of drug-likeness (QED) is 0.770. The Bertz CT molecular complexity index is 705. The third-order valence-electron chi connectivity index (χ3n) is 5.29. The Morgan fingerprint density at radius 3 is 1.58 bits per heavy atom. The zero-order chi connectivity index (χ0) is 19.5. The van der Waals surface area contributed by atoms with Crippen molar-refractivity contribution in [2.45, 2.75) is 66.6 Å². The van der Waals surface area contributed by atoms with E-state index in [0.717, 1.165) is 12.8 Å². The number of hydrogen-bond donors (Lipinski definition) is 1. The lowest BCUT2D eigenvalue weighted by atomic mass is 10.2. The Morgan fingerprint density at radius 1 is 0.885 bits per heavy atom. The van der Waals surface area contributed by atoms with Crippen molar-refractivity contribution in [1.29, 1.82) is 0 Å². The summed E-state index contributed by atoms with van der Waals surface area (Å²) in [6.07, 6.45) is 2.06. The Labute approximate surface area is 160 Å². The third kappa shape index (κ3) is 4.45. The first-order valence-corrected chi connectivity index (χ1v) is 12.2. The number of rotatable bonds is 6. The fourth-order valence-electron chi connectivity index (χ4n) is 4.16. The monoisotopic (exact) mass is 367 g/mol. The third-order valence-corrected chi connectivity index (χ3v) is 10.1. The van der Waals surface area contributed by atoms with Crippen molar-refractivity contribution < 1.29 is 4.79 Å². The van der Waals surface area contributed by atoms with Crippen LogP contribution in [-0.2, 0) is 4.79 Å². The molecule has 0 heterocycles. The molecule has 2 nitrogen and oxygen atoms in total. The molecule has 3 heteroatoms. The molecule has 0 unspecified atom stereocenters. The van der Waals surface area contributed by atoms with E-state index in [2.05, 4.69) is 82.9 Å². The van der Waals surface area contributed by atoms with Crippen LogP contribution < -0.4 is 15.7 Å². The molecule has 26 heavy (non-hydrogen) atoms. The van der Waals surface area contributed by atoms with Crippen molar-refractivity contribution in [3.8, 4) is 0 Å². The molecule has 0 radical (unpaired) electrons. The van der Waals surface area contributed by atoms with Crippen LogP contribution in [0.5, 0.6) is 0 Å². The minimum atomic E-state index is -2.17. The van der Waals surface area contributed by atoms with Crippen LogP contribution in [0.2, 0.25) is 6.55 Å². The number of hydrogen-bond acceptors (Lipinski definition) is 1. The van der Waals surface area contributed by atoms with Crippen LogP contribution in [0.1, 0.15) is 48.9 Å². The van der Waals surface area contributed by atoms with E-state index in [0.29, 0.717) is 0 Å². The van der Waals surface area contributed by atoms with Crippen molar-refractivity contribution in [3.05, 3.63) is 58.7 Å². The lowest BCUT2D eigenvalue weighted by molar-refractivity contribution is -0.119. The molecule has 0 aliphatic rings. The molecule has 0 saturated heterocycles. The van der Waals surface area contributed by atoms with Gasteiger partial charge < -0.3 is 5.32 Å². The SMILES string of the molecule is CCC[C@H](NC(C)=O)[Si](C)(c1cc(C)cc(C)c1)c1cc(C)cc(C)c1. The summed E-state index contributed by atoms with van der Waals surface area (Å²) in [6.45, 7) is 14.9. The van der Waals surface area contributed by atoms with Crippen molar-refractivity contribution in [3.63, 3.8) is 0 Å². The fraction of sp³-hybridized carbons (Fsp3) is 0.435. The molecule has 0 saturated carbocycles. The Morgan fingerprint density at radius 2 is 1.27 bits per heavy atom. The van der Waals surface area contributed by atoms with E-state index in [1.54, 1.807) is 6.92 Å². The number of nitrogens with one attached hydrogen (secondary N) is 1. The van der Waals surface area contributed by atoms with Crippen molar-refractivity contribution in [2.75, 3.05) is 0 Å². The van der Waals surface area contributed by atoms with Crippen LogP contribution in [0, 0.1) is 27.7 Å². The second kappa shape index (κ2) is 8.21. The summed E-state index contributed by atoms with van der Waals surface area (Å²) in [5.74, 6) is 0.0657. The number of aryl methyl sites for hydroxylation is 4. The van der Waals surface area contributed by atoms with E-state index in [1.807, 2.05) is 0 Å². The minimum absolute atomic E-state index is 0.0657. The Balaban J connectivity index is 2.75. The number of amides is 1. The van der Waals surface area contributed by atoms with Gasteiger partial charge in [-0.15, -0.1) is 0 Å². The largest absolute Gasteiger partial charge is 0.355 e. The van der Waals surface area contributed by atoms with Crippen molar-refractivity contribution >= 4 is 24.4 Å². The van der Waals surface area contributed by atoms with Gasteiger partial charge in [-0.2, -0.15) is 0 Å². The van der Waals surface area contributed by atoms with Crippen LogP contribution in [0.25, 0.3) is 0 Å². The molecule has 1 atom stereocenters. The van der Waals surface area contributed by atoms with Gasteiger partial charge in [0.25, 0.3) is 0 Å². The summed E-state index contributed by atoms with van der Waals surface area (Å²) in [5, 5.41) is 6.14. The van der Waals surface area contributed by atoms with E-state index in [4.69, 9.17) is 0 Å². The van der Waals surface area contributed by atoms with Crippen molar-refractivity contribution in [1.82, 2.24) is 5.32 Å². The lowest BCUT2D eigenvalue weighted by Crippen LogP contribution is -2.69. The summed E-state index contributed by atoms with van der Waals surface area (Å²) >= 11 is 0. The average Bonchev–Trinajstić information content (AvgIpc) is 2.51. The predicted octanol–water partition coefficient (Wildman–Crippen LogP) is 3.96. The second-order valence-electron chi connectivity index (χ2n) is 8.00. The maximum absolute atomic E-state index is 12.0. The molecule has 2 aromatic rings. The molecule has 0 aromatic heterocycles. The molecule has 0 spiro atoms. The maximum atomic E-state index is 12.0. The summed E-state index contributed by atoms with van der Waals surface area (Å²) in [4.78, 5) is 12.0. The summed E-state index contributed by atoms with van der Waals surface area (Å²) in [7, 11) is -2.17. The summed E-state index contributed by atoms with van der Waals surface area (Å²) in [5.41, 5.74) is 5.36. The zero-order valence-electron chi connectivity index (χ0n) is 17.4. The maximum Gasteiger partial charge on any atom is 0.216 e. The first kappa shape index (κ1) is 20.4. The number of carbonyl (C=O) groups excluding carboxylic acids is 1. The van der Waals surface area contributed by atoms with E-state index >= 15 is 0 Å². The number of carbonyl (C=O) groups is 1. The standard InChI is InChI=1S/C23H33NOSi/c1-8-9-23(24-20(6)25)26(7,21-12-16(2)10-17(3)13-21)22-14-18(4)11-19(5)15-22/h10-15,23H,8-9H2,1-7H3,(H,24,25)/t23-/m1/s1. The van der Waals surface area contributed by atoms with Gasteiger partial charge in [0.05, 0.1) is 0 Å². The molecule has 0 aliphatic carbocycles. The molecule has 2 rings (SSSR count). The van der Waals surface area contributed by atoms with E-state index in [1.165, 1.54) is 32.6 Å². The summed E-state index contributed by atoms with van der Waals surface area (Å²) in [6, 6.07) is 13.8. The van der Waals surface area contributed by atoms with Gasteiger partial charge in [0, 0.05) is 12.6 Å². The van der Waals surface area contributed by atoms with Crippen LogP contribution in [0.4, 0.5) is 0 Å². The second-order valence-corrected chi connectivity index (χ2v) is 12.3. The van der Waals surface area contributed by atoms with Gasteiger partial charge in [0.2, 0.25) is 5.91 Å². The Hall–Kier alpha value is -1.87. The van der Waals surface area contributed by atoms with Gasteiger partial charge in [0.1, 0.15) is 8.07 Å². The molecule has 0 fully saturated rings. The molecular formula is C23H33NOSi. The van der Waals surface area contributed by atoms with E-state index in [-0.39, 0.29) is 11.6 Å². The lowest BCUT2D eigenvalue weighted by Gasteiger charge is -2.38. The van der Waals surface area contributed by atoms with Crippen molar-refractivity contribution in [2.24, 2.45) is 0 Å². The molecule has 1 N–H and O–H groups in total. The van der Waals surface area contributed by atoms with Crippen LogP contribution in [0.15, 0.2) is 36.4 Å². The highest BCUT2D eigenvalue weighted by molar-refractivity contribution is 7.02. The van der Waals surface area contributed by atoms with E-state index < -0.39 is 8.07 Å². The van der Waals surface area contributed by atoms with Gasteiger partial charge in [-0.25, -0.2) is 0 Å². The van der Waals surface area contributed by atoms with Crippen LogP contribution >= 0.6 is 0 Å². The molecular weight excluding hydrogens is 334 g/mol. The predicted molar refractivity (Wildman–Crippen MR) is 115 cm³/mol. The molecule has 2 aromatic carbocycles. The van der Waals surface area contributed by atoms with Gasteiger partial charge in [-0.1, -0.05) is 88.9 Å². The first-order valence-electron chi connectivity index (χ1n) is 9.61. The normalized spacial score (nSPS) is 12.7. The molecule has 0 aliphatic heterocycles. The number of benzene rings is 2.